The van der Waals surface area contributed by atoms with Gasteiger partial charge in [0.05, 0.1) is 6.04 Å². The van der Waals surface area contributed by atoms with Crippen molar-refractivity contribution in [2.24, 2.45) is 0 Å². The summed E-state index contributed by atoms with van der Waals surface area (Å²) in [6.07, 6.45) is 0.812. The Morgan fingerprint density at radius 1 is 1.03 bits per heavy atom. The molecule has 8 nitrogen and oxygen atoms in total. The SMILES string of the molecule is O=C1CCC(N2Cc3ccc(C(=O)NC(=O)Nc4ccc(Br)cc4)cc3C2)C(=O)N1. The average Bonchev–Trinajstić information content (AvgIpc) is 3.12. The maximum atomic E-state index is 12.5. The van der Waals surface area contributed by atoms with Crippen LogP contribution in [0.1, 0.15) is 34.3 Å². The molecule has 2 aliphatic heterocycles. The van der Waals surface area contributed by atoms with Crippen LogP contribution < -0.4 is 16.0 Å². The van der Waals surface area contributed by atoms with Crippen molar-refractivity contribution in [1.82, 2.24) is 15.5 Å². The van der Waals surface area contributed by atoms with Crippen molar-refractivity contribution >= 4 is 45.4 Å². The van der Waals surface area contributed by atoms with E-state index in [-0.39, 0.29) is 17.9 Å². The molecular weight excluding hydrogens is 452 g/mol. The van der Waals surface area contributed by atoms with Crippen molar-refractivity contribution in [2.45, 2.75) is 32.0 Å². The fourth-order valence-corrected chi connectivity index (χ4v) is 3.95. The predicted octanol–water partition coefficient (Wildman–Crippen LogP) is 2.53. The summed E-state index contributed by atoms with van der Waals surface area (Å²) in [7, 11) is 0. The van der Waals surface area contributed by atoms with Gasteiger partial charge in [-0.05, 0) is 53.9 Å². The first-order valence-corrected chi connectivity index (χ1v) is 10.3. The van der Waals surface area contributed by atoms with Crippen LogP contribution in [0.3, 0.4) is 0 Å². The largest absolute Gasteiger partial charge is 0.326 e. The molecular formula is C21H19BrN4O4. The quantitative estimate of drug-likeness (QED) is 0.597. The lowest BCUT2D eigenvalue weighted by Gasteiger charge is -2.29. The monoisotopic (exact) mass is 470 g/mol. The van der Waals surface area contributed by atoms with Crippen LogP contribution in [-0.4, -0.2) is 34.7 Å². The Morgan fingerprint density at radius 2 is 1.77 bits per heavy atom. The summed E-state index contributed by atoms with van der Waals surface area (Å²) in [5.74, 6) is -1.03. The molecule has 1 fully saturated rings. The smallest absolute Gasteiger partial charge is 0.308 e. The summed E-state index contributed by atoms with van der Waals surface area (Å²) >= 11 is 3.32. The maximum Gasteiger partial charge on any atom is 0.326 e. The minimum atomic E-state index is -0.618. The first kappa shape index (κ1) is 20.2. The van der Waals surface area contributed by atoms with E-state index in [1.807, 2.05) is 11.0 Å². The van der Waals surface area contributed by atoms with Crippen LogP contribution in [0.15, 0.2) is 46.9 Å². The minimum Gasteiger partial charge on any atom is -0.308 e. The Labute approximate surface area is 181 Å². The fourth-order valence-electron chi connectivity index (χ4n) is 3.68. The summed E-state index contributed by atoms with van der Waals surface area (Å²) in [6, 6.07) is 11.3. The average molecular weight is 471 g/mol. The summed E-state index contributed by atoms with van der Waals surface area (Å²) in [6.45, 7) is 1.08. The Morgan fingerprint density at radius 3 is 2.50 bits per heavy atom. The van der Waals surface area contributed by atoms with Gasteiger partial charge in [0.15, 0.2) is 0 Å². The number of amides is 5. The summed E-state index contributed by atoms with van der Waals surface area (Å²) in [5.41, 5.74) is 2.89. The molecule has 2 aromatic carbocycles. The molecule has 0 radical (unpaired) electrons. The van der Waals surface area contributed by atoms with Crippen molar-refractivity contribution in [3.8, 4) is 0 Å². The van der Waals surface area contributed by atoms with Crippen LogP contribution in [-0.2, 0) is 22.7 Å². The van der Waals surface area contributed by atoms with Crippen LogP contribution >= 0.6 is 15.9 Å². The van der Waals surface area contributed by atoms with Gasteiger partial charge in [-0.25, -0.2) is 4.79 Å². The highest BCUT2D eigenvalue weighted by molar-refractivity contribution is 9.10. The number of carbonyl (C=O) groups is 4. The zero-order chi connectivity index (χ0) is 21.3. The lowest BCUT2D eigenvalue weighted by Crippen LogP contribution is -2.50. The van der Waals surface area contributed by atoms with Gasteiger partial charge < -0.3 is 5.32 Å². The molecule has 1 saturated heterocycles. The van der Waals surface area contributed by atoms with Gasteiger partial charge in [-0.1, -0.05) is 22.0 Å². The van der Waals surface area contributed by atoms with E-state index in [1.54, 1.807) is 36.4 Å². The summed E-state index contributed by atoms with van der Waals surface area (Å²) in [5, 5.41) is 7.31. The Kier molecular flexibility index (Phi) is 5.65. The van der Waals surface area contributed by atoms with Gasteiger partial charge in [0, 0.05) is 35.2 Å². The van der Waals surface area contributed by atoms with E-state index in [0.29, 0.717) is 37.2 Å². The number of anilines is 1. The lowest BCUT2D eigenvalue weighted by atomic mass is 10.0. The summed E-state index contributed by atoms with van der Waals surface area (Å²) in [4.78, 5) is 50.1. The van der Waals surface area contributed by atoms with Crippen molar-refractivity contribution in [2.75, 3.05) is 5.32 Å². The Hall–Kier alpha value is -3.04. The third-order valence-electron chi connectivity index (χ3n) is 5.20. The number of carbonyl (C=O) groups excluding carboxylic acids is 4. The number of rotatable bonds is 3. The first-order valence-electron chi connectivity index (χ1n) is 9.46. The van der Waals surface area contributed by atoms with E-state index < -0.39 is 11.9 Å². The molecule has 1 unspecified atom stereocenters. The van der Waals surface area contributed by atoms with E-state index in [4.69, 9.17) is 0 Å². The molecule has 0 spiro atoms. The van der Waals surface area contributed by atoms with Crippen LogP contribution in [0, 0.1) is 0 Å². The van der Waals surface area contributed by atoms with Crippen LogP contribution in [0.4, 0.5) is 10.5 Å². The number of imide groups is 2. The van der Waals surface area contributed by atoms with Gasteiger partial charge in [-0.2, -0.15) is 0 Å². The number of hydrogen-bond donors (Lipinski definition) is 3. The molecule has 1 atom stereocenters. The highest BCUT2D eigenvalue weighted by Gasteiger charge is 2.34. The number of piperidine rings is 1. The second kappa shape index (κ2) is 8.37. The zero-order valence-corrected chi connectivity index (χ0v) is 17.5. The number of benzene rings is 2. The van der Waals surface area contributed by atoms with E-state index in [1.165, 1.54) is 0 Å². The van der Waals surface area contributed by atoms with Gasteiger partial charge in [0.1, 0.15) is 0 Å². The van der Waals surface area contributed by atoms with Crippen LogP contribution in [0.25, 0.3) is 0 Å². The van der Waals surface area contributed by atoms with Crippen LogP contribution in [0.2, 0.25) is 0 Å². The fraction of sp³-hybridized carbons (Fsp3) is 0.238. The molecule has 3 N–H and O–H groups in total. The third-order valence-corrected chi connectivity index (χ3v) is 5.72. The molecule has 2 heterocycles. The lowest BCUT2D eigenvalue weighted by molar-refractivity contribution is -0.137. The van der Waals surface area contributed by atoms with Crippen molar-refractivity contribution in [3.05, 3.63) is 63.6 Å². The Balaban J connectivity index is 1.38. The van der Waals surface area contributed by atoms with E-state index >= 15 is 0 Å². The van der Waals surface area contributed by atoms with Gasteiger partial charge in [0.25, 0.3) is 5.91 Å². The predicted molar refractivity (Wildman–Crippen MR) is 112 cm³/mol. The van der Waals surface area contributed by atoms with Crippen molar-refractivity contribution in [3.63, 3.8) is 0 Å². The number of hydrogen-bond acceptors (Lipinski definition) is 5. The number of fused-ring (bicyclic) bond motifs is 1. The van der Waals surface area contributed by atoms with Gasteiger partial charge in [0.2, 0.25) is 11.8 Å². The van der Waals surface area contributed by atoms with E-state index in [0.717, 1.165) is 15.6 Å². The van der Waals surface area contributed by atoms with Crippen LogP contribution in [0.5, 0.6) is 0 Å². The Bertz CT molecular complexity index is 1040. The van der Waals surface area contributed by atoms with Gasteiger partial charge in [-0.15, -0.1) is 0 Å². The van der Waals surface area contributed by atoms with Gasteiger partial charge >= 0.3 is 6.03 Å². The molecule has 0 saturated carbocycles. The molecule has 0 aromatic heterocycles. The highest BCUT2D eigenvalue weighted by Crippen LogP contribution is 2.28. The molecule has 9 heteroatoms. The highest BCUT2D eigenvalue weighted by atomic mass is 79.9. The first-order chi connectivity index (χ1) is 14.4. The second-order valence-electron chi connectivity index (χ2n) is 7.27. The minimum absolute atomic E-state index is 0.242. The molecule has 30 heavy (non-hydrogen) atoms. The normalized spacial score (nSPS) is 18.5. The molecule has 5 amide bonds. The summed E-state index contributed by atoms with van der Waals surface area (Å²) < 4.78 is 0.883. The van der Waals surface area contributed by atoms with Gasteiger partial charge in [-0.3, -0.25) is 29.9 Å². The number of urea groups is 1. The molecule has 154 valence electrons. The van der Waals surface area contributed by atoms with Crippen molar-refractivity contribution < 1.29 is 19.2 Å². The number of nitrogens with zero attached hydrogens (tertiary/aromatic N) is 1. The van der Waals surface area contributed by atoms with E-state index in [9.17, 15) is 19.2 Å². The molecule has 2 aromatic rings. The van der Waals surface area contributed by atoms with Crippen molar-refractivity contribution in [1.29, 1.82) is 0 Å². The maximum absolute atomic E-state index is 12.5. The third kappa shape index (κ3) is 4.42. The number of halogens is 1. The molecule has 0 aliphatic carbocycles. The topological polar surface area (TPSA) is 108 Å². The number of nitrogens with one attached hydrogen (secondary N) is 3. The molecule has 0 bridgehead atoms. The second-order valence-corrected chi connectivity index (χ2v) is 8.19. The molecule has 2 aliphatic rings. The zero-order valence-electron chi connectivity index (χ0n) is 15.9. The standard InChI is InChI=1S/C21H19BrN4O4/c22-15-3-5-16(6-4-15)23-21(30)25-19(28)12-1-2-13-10-26(11-14(13)9-12)17-7-8-18(27)24-20(17)29/h1-6,9,17H,7-8,10-11H2,(H,24,27,29)(H2,23,25,28,30). The molecule has 4 rings (SSSR count). The van der Waals surface area contributed by atoms with E-state index in [2.05, 4.69) is 31.9 Å².